The van der Waals surface area contributed by atoms with Gasteiger partial charge in [-0.25, -0.2) is 4.39 Å². The van der Waals surface area contributed by atoms with Crippen LogP contribution < -0.4 is 0 Å². The number of benzene rings is 1. The molecule has 1 aromatic carbocycles. The van der Waals surface area contributed by atoms with Crippen LogP contribution in [0.3, 0.4) is 0 Å². The summed E-state index contributed by atoms with van der Waals surface area (Å²) in [6, 6.07) is 2.17. The topological polar surface area (TPSA) is 20.2 Å². The van der Waals surface area contributed by atoms with E-state index in [2.05, 4.69) is 0 Å². The largest absolute Gasteiger partial charge is 0.508 e. The van der Waals surface area contributed by atoms with E-state index in [-0.39, 0.29) is 5.56 Å². The maximum absolute atomic E-state index is 12.1. The number of hydrogen-bond donors (Lipinski definition) is 1. The number of hydrogen-bond acceptors (Lipinski definition) is 1. The van der Waals surface area contributed by atoms with Crippen LogP contribution >= 0.6 is 0 Å². The lowest BCUT2D eigenvalue weighted by atomic mass is 10.1. The van der Waals surface area contributed by atoms with Gasteiger partial charge in [0.25, 0.3) is 0 Å². The van der Waals surface area contributed by atoms with E-state index in [4.69, 9.17) is 5.11 Å². The summed E-state index contributed by atoms with van der Waals surface area (Å²) in [6.45, 7) is -1.03. The summed E-state index contributed by atoms with van der Waals surface area (Å²) in [5, 5.41) is 8.82. The van der Waals surface area contributed by atoms with Crippen molar-refractivity contribution in [2.45, 2.75) is 12.9 Å². The second-order valence-electron chi connectivity index (χ2n) is 2.52. The van der Waals surface area contributed by atoms with Crippen molar-refractivity contribution in [1.29, 1.82) is 0 Å². The van der Waals surface area contributed by atoms with E-state index in [0.717, 1.165) is 6.07 Å². The quantitative estimate of drug-likeness (QED) is 0.681. The fourth-order valence-electron chi connectivity index (χ4n) is 0.915. The summed E-state index contributed by atoms with van der Waals surface area (Å²) in [7, 11) is 0. The Kier molecular flexibility index (Phi) is 2.45. The predicted octanol–water partition coefficient (Wildman–Crippen LogP) is 2.88. The second kappa shape index (κ2) is 3.24. The molecule has 0 aliphatic heterocycles. The van der Waals surface area contributed by atoms with Gasteiger partial charge in [0.05, 0.1) is 5.56 Å². The molecule has 1 nitrogen and oxygen atoms in total. The standard InChI is InChI=1S/C8H6F4O/c9-4-5-1-6(8(10,11)12)3-7(13)2-5/h1-3,13H,4H2. The van der Waals surface area contributed by atoms with Gasteiger partial charge in [0.2, 0.25) is 0 Å². The zero-order valence-electron chi connectivity index (χ0n) is 6.40. The van der Waals surface area contributed by atoms with Gasteiger partial charge >= 0.3 is 6.18 Å². The lowest BCUT2D eigenvalue weighted by Gasteiger charge is -2.07. The van der Waals surface area contributed by atoms with Gasteiger partial charge in [0.15, 0.2) is 0 Å². The van der Waals surface area contributed by atoms with Gasteiger partial charge in [-0.15, -0.1) is 0 Å². The highest BCUT2D eigenvalue weighted by Crippen LogP contribution is 2.32. The number of rotatable bonds is 1. The van der Waals surface area contributed by atoms with Crippen LogP contribution in [0, 0.1) is 0 Å². The minimum Gasteiger partial charge on any atom is -0.508 e. The lowest BCUT2D eigenvalue weighted by molar-refractivity contribution is -0.137. The maximum atomic E-state index is 12.1. The third-order valence-corrected chi connectivity index (χ3v) is 1.46. The maximum Gasteiger partial charge on any atom is 0.416 e. The van der Waals surface area contributed by atoms with Crippen LogP contribution in [0.15, 0.2) is 18.2 Å². The van der Waals surface area contributed by atoms with Crippen LogP contribution in [0.2, 0.25) is 0 Å². The van der Waals surface area contributed by atoms with E-state index >= 15 is 0 Å². The molecule has 1 aromatic rings. The van der Waals surface area contributed by atoms with Crippen LogP contribution in [0.1, 0.15) is 11.1 Å². The molecule has 0 spiro atoms. The Morgan fingerprint density at radius 3 is 2.23 bits per heavy atom. The Morgan fingerprint density at radius 1 is 1.15 bits per heavy atom. The predicted molar refractivity (Wildman–Crippen MR) is 37.9 cm³/mol. The number of aromatic hydroxyl groups is 1. The SMILES string of the molecule is Oc1cc(CF)cc(C(F)(F)F)c1. The van der Waals surface area contributed by atoms with E-state index in [1.807, 2.05) is 0 Å². The molecule has 5 heteroatoms. The Balaban J connectivity index is 3.16. The highest BCUT2D eigenvalue weighted by atomic mass is 19.4. The van der Waals surface area contributed by atoms with Crippen molar-refractivity contribution in [1.82, 2.24) is 0 Å². The van der Waals surface area contributed by atoms with Crippen molar-refractivity contribution in [2.24, 2.45) is 0 Å². The highest BCUT2D eigenvalue weighted by molar-refractivity contribution is 5.34. The Morgan fingerprint density at radius 2 is 1.77 bits per heavy atom. The number of halogens is 4. The van der Waals surface area contributed by atoms with Crippen LogP contribution in [-0.4, -0.2) is 5.11 Å². The summed E-state index contributed by atoms with van der Waals surface area (Å²) < 4.78 is 48.1. The van der Waals surface area contributed by atoms with Crippen LogP contribution in [0.25, 0.3) is 0 Å². The van der Waals surface area contributed by atoms with Crippen molar-refractivity contribution in [3.63, 3.8) is 0 Å². The van der Waals surface area contributed by atoms with Crippen molar-refractivity contribution in [3.8, 4) is 5.75 Å². The van der Waals surface area contributed by atoms with Gasteiger partial charge in [0.1, 0.15) is 12.4 Å². The molecule has 1 N–H and O–H groups in total. The molecular weight excluding hydrogens is 188 g/mol. The number of phenols is 1. The first kappa shape index (κ1) is 9.83. The Hall–Kier alpha value is -1.26. The molecule has 0 aliphatic rings. The van der Waals surface area contributed by atoms with E-state index in [1.165, 1.54) is 0 Å². The molecule has 13 heavy (non-hydrogen) atoms. The van der Waals surface area contributed by atoms with Crippen LogP contribution in [0.4, 0.5) is 17.6 Å². The first-order valence-electron chi connectivity index (χ1n) is 3.39. The summed E-state index contributed by atoms with van der Waals surface area (Å²) in [4.78, 5) is 0. The molecule has 0 aliphatic carbocycles. The molecular formula is C8H6F4O. The highest BCUT2D eigenvalue weighted by Gasteiger charge is 2.31. The molecule has 0 saturated carbocycles. The summed E-state index contributed by atoms with van der Waals surface area (Å²) >= 11 is 0. The minimum atomic E-state index is -4.55. The Bertz CT molecular complexity index is 306. The monoisotopic (exact) mass is 194 g/mol. The van der Waals surface area contributed by atoms with Gasteiger partial charge < -0.3 is 5.11 Å². The molecule has 0 saturated heterocycles. The lowest BCUT2D eigenvalue weighted by Crippen LogP contribution is -2.05. The Labute approximate surface area is 71.6 Å². The molecule has 0 fully saturated rings. The van der Waals surface area contributed by atoms with Gasteiger partial charge in [-0.3, -0.25) is 0 Å². The molecule has 0 unspecified atom stereocenters. The van der Waals surface area contributed by atoms with Crippen molar-refractivity contribution >= 4 is 0 Å². The molecule has 0 bridgehead atoms. The van der Waals surface area contributed by atoms with E-state index in [1.54, 1.807) is 0 Å². The zero-order valence-corrected chi connectivity index (χ0v) is 6.40. The fraction of sp³-hybridized carbons (Fsp3) is 0.250. The number of phenolic OH excluding ortho intramolecular Hbond substituents is 1. The molecule has 0 atom stereocenters. The van der Waals surface area contributed by atoms with Crippen molar-refractivity contribution < 1.29 is 22.7 Å². The van der Waals surface area contributed by atoms with Crippen LogP contribution in [-0.2, 0) is 12.9 Å². The fourth-order valence-corrected chi connectivity index (χ4v) is 0.915. The zero-order chi connectivity index (χ0) is 10.1. The molecule has 0 heterocycles. The van der Waals surface area contributed by atoms with Gasteiger partial charge in [-0.2, -0.15) is 13.2 Å². The summed E-state index contributed by atoms with van der Waals surface area (Å²) in [6.07, 6.45) is -4.55. The molecule has 0 aromatic heterocycles. The van der Waals surface area contributed by atoms with E-state index in [0.29, 0.717) is 12.1 Å². The molecule has 72 valence electrons. The first-order valence-corrected chi connectivity index (χ1v) is 3.39. The molecule has 0 amide bonds. The summed E-state index contributed by atoms with van der Waals surface area (Å²) in [5.41, 5.74) is -1.23. The average Bonchev–Trinajstić information content (AvgIpc) is 2.01. The normalized spacial score (nSPS) is 11.7. The average molecular weight is 194 g/mol. The second-order valence-corrected chi connectivity index (χ2v) is 2.52. The molecule has 0 radical (unpaired) electrons. The van der Waals surface area contributed by atoms with Gasteiger partial charge in [-0.05, 0) is 23.8 Å². The van der Waals surface area contributed by atoms with Gasteiger partial charge in [-0.1, -0.05) is 0 Å². The van der Waals surface area contributed by atoms with Crippen molar-refractivity contribution in [2.75, 3.05) is 0 Å². The van der Waals surface area contributed by atoms with Crippen LogP contribution in [0.5, 0.6) is 5.75 Å². The van der Waals surface area contributed by atoms with Crippen molar-refractivity contribution in [3.05, 3.63) is 29.3 Å². The van der Waals surface area contributed by atoms with E-state index < -0.39 is 24.2 Å². The summed E-state index contributed by atoms with van der Waals surface area (Å²) in [5.74, 6) is -0.581. The molecule has 1 rings (SSSR count). The smallest absolute Gasteiger partial charge is 0.416 e. The van der Waals surface area contributed by atoms with Gasteiger partial charge in [0, 0.05) is 0 Å². The number of alkyl halides is 4. The third kappa shape index (κ3) is 2.34. The first-order chi connectivity index (χ1) is 5.93. The third-order valence-electron chi connectivity index (χ3n) is 1.46. The minimum absolute atomic E-state index is 0.188. The van der Waals surface area contributed by atoms with E-state index in [9.17, 15) is 17.6 Å².